The summed E-state index contributed by atoms with van der Waals surface area (Å²) in [7, 11) is 0. The number of nitrogens with two attached hydrogens (primary N) is 1. The third kappa shape index (κ3) is 4.21. The van der Waals surface area contributed by atoms with Gasteiger partial charge in [0, 0.05) is 5.57 Å². The van der Waals surface area contributed by atoms with Crippen molar-refractivity contribution >= 4 is 5.91 Å². The van der Waals surface area contributed by atoms with Crippen molar-refractivity contribution in [2.24, 2.45) is 11.7 Å². The number of carbonyl (C=O) groups excluding carboxylic acids is 1. The van der Waals surface area contributed by atoms with E-state index < -0.39 is 0 Å². The summed E-state index contributed by atoms with van der Waals surface area (Å²) in [5, 5.41) is 0. The van der Waals surface area contributed by atoms with Crippen molar-refractivity contribution in [3.05, 3.63) is 59.2 Å². The predicted octanol–water partition coefficient (Wildman–Crippen LogP) is 3.24. The Hall–Kier alpha value is -1.83. The molecule has 1 aromatic rings. The van der Waals surface area contributed by atoms with Crippen LogP contribution in [0.25, 0.3) is 0 Å². The van der Waals surface area contributed by atoms with Gasteiger partial charge in [0.2, 0.25) is 5.91 Å². The summed E-state index contributed by atoms with van der Waals surface area (Å²) in [5.41, 5.74) is 8.42. The molecule has 2 nitrogen and oxygen atoms in total. The average Bonchev–Trinajstić information content (AvgIpc) is 2.34. The Balaban J connectivity index is 2.92. The lowest BCUT2D eigenvalue weighted by molar-refractivity contribution is -0.115. The van der Waals surface area contributed by atoms with Crippen molar-refractivity contribution in [3.63, 3.8) is 0 Å². The summed E-state index contributed by atoms with van der Waals surface area (Å²) < 4.78 is 0. The van der Waals surface area contributed by atoms with Gasteiger partial charge in [-0.1, -0.05) is 56.3 Å². The number of primary amides is 1. The van der Waals surface area contributed by atoms with E-state index >= 15 is 0 Å². The molecule has 1 rings (SSSR count). The zero-order valence-electron chi connectivity index (χ0n) is 11.3. The Bertz CT molecular complexity index is 455. The molecule has 0 unspecified atom stereocenters. The van der Waals surface area contributed by atoms with Crippen LogP contribution in [-0.2, 0) is 11.2 Å². The molecule has 0 atom stereocenters. The average molecular weight is 243 g/mol. The van der Waals surface area contributed by atoms with E-state index in [1.807, 2.05) is 51.1 Å². The molecular weight excluding hydrogens is 222 g/mol. The van der Waals surface area contributed by atoms with Crippen molar-refractivity contribution in [1.29, 1.82) is 0 Å². The topological polar surface area (TPSA) is 43.1 Å². The maximum Gasteiger partial charge on any atom is 0.244 e. The van der Waals surface area contributed by atoms with E-state index in [1.54, 1.807) is 0 Å². The Morgan fingerprint density at radius 1 is 1.28 bits per heavy atom. The number of allylic oxidation sites excluding steroid dienone is 3. The third-order valence-electron chi connectivity index (χ3n) is 2.87. The van der Waals surface area contributed by atoms with Gasteiger partial charge in [-0.05, 0) is 30.4 Å². The Morgan fingerprint density at radius 3 is 2.33 bits per heavy atom. The van der Waals surface area contributed by atoms with Crippen molar-refractivity contribution < 1.29 is 4.79 Å². The molecule has 0 saturated carbocycles. The first-order valence-electron chi connectivity index (χ1n) is 6.25. The first kappa shape index (κ1) is 14.2. The van der Waals surface area contributed by atoms with Gasteiger partial charge in [0.25, 0.3) is 0 Å². The maximum absolute atomic E-state index is 11.4. The van der Waals surface area contributed by atoms with Crippen LogP contribution in [0.5, 0.6) is 0 Å². The largest absolute Gasteiger partial charge is 0.366 e. The molecular formula is C16H21NO. The fraction of sp³-hybridized carbons (Fsp3) is 0.312. The highest BCUT2D eigenvalue weighted by Gasteiger charge is 2.10. The minimum Gasteiger partial charge on any atom is -0.366 e. The summed E-state index contributed by atoms with van der Waals surface area (Å²) in [6.45, 7) is 5.94. The van der Waals surface area contributed by atoms with E-state index in [9.17, 15) is 4.79 Å². The van der Waals surface area contributed by atoms with Gasteiger partial charge in [-0.25, -0.2) is 0 Å². The first-order valence-corrected chi connectivity index (χ1v) is 6.25. The van der Waals surface area contributed by atoms with Gasteiger partial charge in [0.05, 0.1) is 0 Å². The summed E-state index contributed by atoms with van der Waals surface area (Å²) in [6.07, 6.45) is 4.76. The van der Waals surface area contributed by atoms with Gasteiger partial charge in [-0.3, -0.25) is 4.79 Å². The molecule has 0 fully saturated rings. The zero-order valence-corrected chi connectivity index (χ0v) is 11.3. The second-order valence-electron chi connectivity index (χ2n) is 4.64. The molecule has 0 aliphatic heterocycles. The Labute approximate surface area is 109 Å². The van der Waals surface area contributed by atoms with Gasteiger partial charge < -0.3 is 5.73 Å². The van der Waals surface area contributed by atoms with Crippen LogP contribution in [0.3, 0.4) is 0 Å². The van der Waals surface area contributed by atoms with Crippen LogP contribution in [0.4, 0.5) is 0 Å². The standard InChI is InChI=1S/C16H21NO/c1-4-13(10-14-8-6-5-7-9-14)11-15(12(2)3)16(17)18/h4-9,11-12H,10H2,1-3H3,(H2,17,18)/b13-4-,15-11+. The zero-order chi connectivity index (χ0) is 13.5. The SMILES string of the molecule is C/C=C(\C=C(\C(N)=O)C(C)C)Cc1ccccc1. The fourth-order valence-corrected chi connectivity index (χ4v) is 1.79. The third-order valence-corrected chi connectivity index (χ3v) is 2.87. The molecule has 18 heavy (non-hydrogen) atoms. The van der Waals surface area contributed by atoms with Gasteiger partial charge in [0.1, 0.15) is 0 Å². The van der Waals surface area contributed by atoms with Crippen molar-refractivity contribution in [3.8, 4) is 0 Å². The van der Waals surface area contributed by atoms with E-state index in [0.29, 0.717) is 5.57 Å². The van der Waals surface area contributed by atoms with Gasteiger partial charge in [-0.2, -0.15) is 0 Å². The minimum absolute atomic E-state index is 0.147. The molecule has 0 aromatic heterocycles. The second kappa shape index (κ2) is 6.80. The van der Waals surface area contributed by atoms with E-state index in [1.165, 1.54) is 5.56 Å². The number of hydrogen-bond acceptors (Lipinski definition) is 1. The Morgan fingerprint density at radius 2 is 1.89 bits per heavy atom. The van der Waals surface area contributed by atoms with Gasteiger partial charge >= 0.3 is 0 Å². The summed E-state index contributed by atoms with van der Waals surface area (Å²) in [4.78, 5) is 11.4. The lowest BCUT2D eigenvalue weighted by Gasteiger charge is -2.09. The van der Waals surface area contributed by atoms with Crippen LogP contribution in [-0.4, -0.2) is 5.91 Å². The highest BCUT2D eigenvalue weighted by Crippen LogP contribution is 2.15. The number of rotatable bonds is 5. The quantitative estimate of drug-likeness (QED) is 0.626. The van der Waals surface area contributed by atoms with Crippen molar-refractivity contribution in [2.45, 2.75) is 27.2 Å². The lowest BCUT2D eigenvalue weighted by Crippen LogP contribution is -2.18. The van der Waals surface area contributed by atoms with Crippen LogP contribution in [0, 0.1) is 5.92 Å². The monoisotopic (exact) mass is 243 g/mol. The first-order chi connectivity index (χ1) is 8.54. The maximum atomic E-state index is 11.4. The number of amides is 1. The van der Waals surface area contributed by atoms with E-state index in [2.05, 4.69) is 12.1 Å². The molecule has 0 radical (unpaired) electrons. The van der Waals surface area contributed by atoms with Crippen LogP contribution in [0.1, 0.15) is 26.3 Å². The fourth-order valence-electron chi connectivity index (χ4n) is 1.79. The van der Waals surface area contributed by atoms with Gasteiger partial charge in [0.15, 0.2) is 0 Å². The van der Waals surface area contributed by atoms with E-state index in [-0.39, 0.29) is 11.8 Å². The van der Waals surface area contributed by atoms with Crippen molar-refractivity contribution in [1.82, 2.24) is 0 Å². The Kier molecular flexibility index (Phi) is 5.37. The van der Waals surface area contributed by atoms with Gasteiger partial charge in [-0.15, -0.1) is 0 Å². The highest BCUT2D eigenvalue weighted by molar-refractivity contribution is 5.92. The molecule has 0 aliphatic rings. The number of hydrogen-bond donors (Lipinski definition) is 1. The smallest absolute Gasteiger partial charge is 0.244 e. The second-order valence-corrected chi connectivity index (χ2v) is 4.64. The van der Waals surface area contributed by atoms with Crippen LogP contribution in [0.15, 0.2) is 53.6 Å². The van der Waals surface area contributed by atoms with Crippen LogP contribution in [0.2, 0.25) is 0 Å². The molecule has 0 heterocycles. The molecule has 1 aromatic carbocycles. The molecule has 2 N–H and O–H groups in total. The van der Waals surface area contributed by atoms with Crippen molar-refractivity contribution in [2.75, 3.05) is 0 Å². The highest BCUT2D eigenvalue weighted by atomic mass is 16.1. The molecule has 0 bridgehead atoms. The van der Waals surface area contributed by atoms with E-state index in [0.717, 1.165) is 12.0 Å². The predicted molar refractivity (Wildman–Crippen MR) is 76.0 cm³/mol. The normalized spacial score (nSPS) is 12.9. The summed E-state index contributed by atoms with van der Waals surface area (Å²) in [6, 6.07) is 10.2. The summed E-state index contributed by atoms with van der Waals surface area (Å²) >= 11 is 0. The van der Waals surface area contributed by atoms with Crippen LogP contribution < -0.4 is 5.73 Å². The molecule has 1 amide bonds. The molecule has 0 saturated heterocycles. The molecule has 0 spiro atoms. The number of benzene rings is 1. The molecule has 2 heteroatoms. The molecule has 0 aliphatic carbocycles. The summed E-state index contributed by atoms with van der Waals surface area (Å²) in [5.74, 6) is -0.189. The lowest BCUT2D eigenvalue weighted by atomic mass is 9.96. The van der Waals surface area contributed by atoms with E-state index in [4.69, 9.17) is 5.73 Å². The molecule has 96 valence electrons. The minimum atomic E-state index is -0.336. The number of carbonyl (C=O) groups is 1. The van der Waals surface area contributed by atoms with Crippen LogP contribution >= 0.6 is 0 Å².